The van der Waals surface area contributed by atoms with Crippen molar-refractivity contribution in [1.29, 1.82) is 0 Å². The average Bonchev–Trinajstić information content (AvgIpc) is 3.30. The standard InChI is InChI=1S/C20H26FN3O2/c1-3-19-18(13-22-24(19)16-9-7-15(21)8-10-16)20(25)23-14(2)6-11-17-5-4-12-26-17/h7-10,13-14,17H,3-6,11-12H2,1-2H3,(H,23,25). The maximum Gasteiger partial charge on any atom is 0.254 e. The molecule has 26 heavy (non-hydrogen) atoms. The molecule has 1 fully saturated rings. The summed E-state index contributed by atoms with van der Waals surface area (Å²) in [5.74, 6) is -0.410. The van der Waals surface area contributed by atoms with Gasteiger partial charge in [0, 0.05) is 12.6 Å². The number of halogens is 1. The molecule has 2 unspecified atom stereocenters. The number of benzene rings is 1. The molecular formula is C20H26FN3O2. The highest BCUT2D eigenvalue weighted by molar-refractivity contribution is 5.95. The van der Waals surface area contributed by atoms with Crippen LogP contribution in [0, 0.1) is 5.82 Å². The van der Waals surface area contributed by atoms with Gasteiger partial charge in [0.05, 0.1) is 29.2 Å². The third-order valence-corrected chi connectivity index (χ3v) is 4.84. The molecule has 0 saturated carbocycles. The van der Waals surface area contributed by atoms with Crippen molar-refractivity contribution in [3.8, 4) is 5.69 Å². The highest BCUT2D eigenvalue weighted by Crippen LogP contribution is 2.19. The Kier molecular flexibility index (Phi) is 6.04. The van der Waals surface area contributed by atoms with Crippen LogP contribution in [0.25, 0.3) is 5.69 Å². The summed E-state index contributed by atoms with van der Waals surface area (Å²) in [6.45, 7) is 4.85. The molecule has 1 N–H and O–H groups in total. The van der Waals surface area contributed by atoms with Crippen molar-refractivity contribution < 1.29 is 13.9 Å². The van der Waals surface area contributed by atoms with Crippen LogP contribution in [0.4, 0.5) is 4.39 Å². The van der Waals surface area contributed by atoms with Crippen molar-refractivity contribution in [2.75, 3.05) is 6.61 Å². The Labute approximate surface area is 153 Å². The molecule has 1 aromatic heterocycles. The molecule has 0 radical (unpaired) electrons. The minimum Gasteiger partial charge on any atom is -0.378 e. The molecular weight excluding hydrogens is 333 g/mol. The molecule has 1 saturated heterocycles. The van der Waals surface area contributed by atoms with E-state index >= 15 is 0 Å². The van der Waals surface area contributed by atoms with Gasteiger partial charge in [-0.05, 0) is 63.3 Å². The summed E-state index contributed by atoms with van der Waals surface area (Å²) in [5.41, 5.74) is 2.13. The van der Waals surface area contributed by atoms with E-state index in [4.69, 9.17) is 4.74 Å². The van der Waals surface area contributed by atoms with Crippen LogP contribution < -0.4 is 5.32 Å². The maximum atomic E-state index is 13.1. The van der Waals surface area contributed by atoms with E-state index in [2.05, 4.69) is 10.4 Å². The topological polar surface area (TPSA) is 56.1 Å². The van der Waals surface area contributed by atoms with Gasteiger partial charge in [-0.1, -0.05) is 6.92 Å². The fourth-order valence-electron chi connectivity index (χ4n) is 3.39. The van der Waals surface area contributed by atoms with Crippen molar-refractivity contribution in [2.24, 2.45) is 0 Å². The molecule has 5 nitrogen and oxygen atoms in total. The first-order valence-corrected chi connectivity index (χ1v) is 9.33. The number of carbonyl (C=O) groups is 1. The summed E-state index contributed by atoms with van der Waals surface area (Å²) >= 11 is 0. The Balaban J connectivity index is 1.66. The lowest BCUT2D eigenvalue weighted by molar-refractivity contribution is 0.0898. The number of ether oxygens (including phenoxy) is 1. The van der Waals surface area contributed by atoms with Gasteiger partial charge in [-0.2, -0.15) is 5.10 Å². The molecule has 1 aliphatic rings. The summed E-state index contributed by atoms with van der Waals surface area (Å²) in [6, 6.07) is 6.18. The van der Waals surface area contributed by atoms with Crippen LogP contribution >= 0.6 is 0 Å². The Morgan fingerprint density at radius 2 is 2.19 bits per heavy atom. The molecule has 1 aromatic carbocycles. The van der Waals surface area contributed by atoms with E-state index in [1.807, 2.05) is 13.8 Å². The van der Waals surface area contributed by atoms with Gasteiger partial charge in [0.25, 0.3) is 5.91 Å². The predicted molar refractivity (Wildman–Crippen MR) is 98.0 cm³/mol. The number of hydrogen-bond donors (Lipinski definition) is 1. The molecule has 0 spiro atoms. The van der Waals surface area contributed by atoms with Crippen LogP contribution in [-0.4, -0.2) is 34.4 Å². The van der Waals surface area contributed by atoms with Crippen LogP contribution in [0.15, 0.2) is 30.5 Å². The summed E-state index contributed by atoms with van der Waals surface area (Å²) in [5, 5.41) is 7.40. The Morgan fingerprint density at radius 1 is 1.42 bits per heavy atom. The predicted octanol–water partition coefficient (Wildman–Crippen LogP) is 3.65. The van der Waals surface area contributed by atoms with Gasteiger partial charge in [0.2, 0.25) is 0 Å². The summed E-state index contributed by atoms with van der Waals surface area (Å²) in [6.07, 6.45) is 6.69. The maximum absolute atomic E-state index is 13.1. The second-order valence-corrected chi connectivity index (χ2v) is 6.83. The highest BCUT2D eigenvalue weighted by Gasteiger charge is 2.20. The van der Waals surface area contributed by atoms with Gasteiger partial charge in [-0.3, -0.25) is 4.79 Å². The molecule has 0 aliphatic carbocycles. The third kappa shape index (κ3) is 4.30. The Morgan fingerprint density at radius 3 is 2.85 bits per heavy atom. The number of rotatable bonds is 7. The lowest BCUT2D eigenvalue weighted by Gasteiger charge is -2.16. The van der Waals surface area contributed by atoms with E-state index in [1.54, 1.807) is 23.0 Å². The summed E-state index contributed by atoms with van der Waals surface area (Å²) in [7, 11) is 0. The number of aromatic nitrogens is 2. The molecule has 3 rings (SSSR count). The van der Waals surface area contributed by atoms with E-state index in [9.17, 15) is 9.18 Å². The number of hydrogen-bond acceptors (Lipinski definition) is 3. The van der Waals surface area contributed by atoms with E-state index in [-0.39, 0.29) is 17.8 Å². The fourth-order valence-corrected chi connectivity index (χ4v) is 3.39. The summed E-state index contributed by atoms with van der Waals surface area (Å²) < 4.78 is 20.5. The van der Waals surface area contributed by atoms with Crippen molar-refractivity contribution in [3.05, 3.63) is 47.5 Å². The molecule has 2 aromatic rings. The zero-order valence-corrected chi connectivity index (χ0v) is 15.4. The third-order valence-electron chi connectivity index (χ3n) is 4.84. The van der Waals surface area contributed by atoms with Crippen LogP contribution in [0.5, 0.6) is 0 Å². The van der Waals surface area contributed by atoms with Gasteiger partial charge >= 0.3 is 0 Å². The largest absolute Gasteiger partial charge is 0.378 e. The van der Waals surface area contributed by atoms with Gasteiger partial charge in [0.1, 0.15) is 5.82 Å². The van der Waals surface area contributed by atoms with Crippen LogP contribution in [0.3, 0.4) is 0 Å². The first kappa shape index (κ1) is 18.6. The minimum atomic E-state index is -0.294. The summed E-state index contributed by atoms with van der Waals surface area (Å²) in [4.78, 5) is 12.7. The molecule has 140 valence electrons. The monoisotopic (exact) mass is 359 g/mol. The molecule has 2 atom stereocenters. The normalized spacial score (nSPS) is 18.0. The van der Waals surface area contributed by atoms with Crippen LogP contribution in [0.1, 0.15) is 55.6 Å². The minimum absolute atomic E-state index is 0.0746. The van der Waals surface area contributed by atoms with Crippen LogP contribution in [-0.2, 0) is 11.2 Å². The first-order valence-electron chi connectivity index (χ1n) is 9.33. The van der Waals surface area contributed by atoms with Crippen molar-refractivity contribution in [2.45, 2.75) is 58.1 Å². The first-order chi connectivity index (χ1) is 12.6. The molecule has 1 aliphatic heterocycles. The van der Waals surface area contributed by atoms with Crippen molar-refractivity contribution in [1.82, 2.24) is 15.1 Å². The van der Waals surface area contributed by atoms with Crippen molar-refractivity contribution >= 4 is 5.91 Å². The smallest absolute Gasteiger partial charge is 0.254 e. The van der Waals surface area contributed by atoms with Gasteiger partial charge in [-0.25, -0.2) is 9.07 Å². The molecule has 6 heteroatoms. The van der Waals surface area contributed by atoms with E-state index in [0.717, 1.165) is 43.7 Å². The number of amides is 1. The number of carbonyl (C=O) groups excluding carboxylic acids is 1. The Hall–Kier alpha value is -2.21. The molecule has 1 amide bonds. The van der Waals surface area contributed by atoms with E-state index in [0.29, 0.717) is 18.1 Å². The zero-order chi connectivity index (χ0) is 18.5. The lowest BCUT2D eigenvalue weighted by atomic mass is 10.1. The van der Waals surface area contributed by atoms with Gasteiger partial charge in [0.15, 0.2) is 0 Å². The Bertz CT molecular complexity index is 736. The number of nitrogens with zero attached hydrogens (tertiary/aromatic N) is 2. The fraction of sp³-hybridized carbons (Fsp3) is 0.500. The van der Waals surface area contributed by atoms with Crippen LogP contribution in [0.2, 0.25) is 0 Å². The highest BCUT2D eigenvalue weighted by atomic mass is 19.1. The quantitative estimate of drug-likeness (QED) is 0.821. The van der Waals surface area contributed by atoms with Gasteiger partial charge in [-0.15, -0.1) is 0 Å². The van der Waals surface area contributed by atoms with E-state index in [1.165, 1.54) is 12.1 Å². The average molecular weight is 359 g/mol. The number of nitrogens with one attached hydrogen (secondary N) is 1. The lowest BCUT2D eigenvalue weighted by Crippen LogP contribution is -2.33. The second-order valence-electron chi connectivity index (χ2n) is 6.83. The van der Waals surface area contributed by atoms with Gasteiger partial charge < -0.3 is 10.1 Å². The molecule has 0 bridgehead atoms. The zero-order valence-electron chi connectivity index (χ0n) is 15.4. The SMILES string of the molecule is CCc1c(C(=O)NC(C)CCC2CCCO2)cnn1-c1ccc(F)cc1. The van der Waals surface area contributed by atoms with Crippen molar-refractivity contribution in [3.63, 3.8) is 0 Å². The van der Waals surface area contributed by atoms with E-state index < -0.39 is 0 Å². The molecule has 2 heterocycles. The second kappa shape index (κ2) is 8.45.